The maximum absolute atomic E-state index is 11.2. The topological polar surface area (TPSA) is 101 Å². The van der Waals surface area contributed by atoms with Gasteiger partial charge in [0.15, 0.2) is 0 Å². The molecule has 1 fully saturated rings. The number of nitrogens with zero attached hydrogens (tertiary/aromatic N) is 1. The first-order valence-corrected chi connectivity index (χ1v) is 8.33. The van der Waals surface area contributed by atoms with Crippen LogP contribution in [0.15, 0.2) is 23.1 Å². The Labute approximate surface area is 120 Å². The smallest absolute Gasteiger partial charge is 0.238 e. The first kappa shape index (κ1) is 15.1. The molecule has 20 heavy (non-hydrogen) atoms. The summed E-state index contributed by atoms with van der Waals surface area (Å²) in [6, 6.07) is 4.94. The van der Waals surface area contributed by atoms with Crippen molar-refractivity contribution in [2.24, 2.45) is 5.14 Å². The zero-order valence-corrected chi connectivity index (χ0v) is 12.5. The Morgan fingerprint density at radius 2 is 2.00 bits per heavy atom. The second kappa shape index (κ2) is 5.99. The second-order valence-corrected chi connectivity index (χ2v) is 6.83. The van der Waals surface area contributed by atoms with E-state index in [1.165, 1.54) is 25.0 Å². The molecule has 0 saturated carbocycles. The number of nitrogens with one attached hydrogen (secondary N) is 1. The van der Waals surface area contributed by atoms with E-state index in [2.05, 4.69) is 17.1 Å². The first-order valence-electron chi connectivity index (χ1n) is 6.78. The van der Waals surface area contributed by atoms with Crippen molar-refractivity contribution in [2.45, 2.75) is 30.7 Å². The van der Waals surface area contributed by atoms with Crippen molar-refractivity contribution >= 4 is 21.4 Å². The summed E-state index contributed by atoms with van der Waals surface area (Å²) in [5, 5.41) is 8.34. The molecular weight excluding hydrogens is 276 g/mol. The number of likely N-dealkylation sites (tertiary alicyclic amines) is 1. The minimum Gasteiger partial charge on any atom is -0.397 e. The van der Waals surface area contributed by atoms with E-state index < -0.39 is 10.0 Å². The zero-order chi connectivity index (χ0) is 14.8. The molecule has 1 heterocycles. The molecule has 0 aromatic heterocycles. The van der Waals surface area contributed by atoms with Crippen LogP contribution in [0.3, 0.4) is 0 Å². The minimum atomic E-state index is -3.70. The molecule has 1 aromatic rings. The zero-order valence-electron chi connectivity index (χ0n) is 11.7. The molecule has 1 atom stereocenters. The number of nitrogen functional groups attached to an aromatic ring is 1. The fourth-order valence-electron chi connectivity index (χ4n) is 2.45. The molecule has 0 bridgehead atoms. The standard InChI is InChI=1S/C13H22N4O2S/c1-10(17-6-2-3-7-17)9-16-13-5-4-11(8-12(13)14)20(15,18)19/h4-5,8,10,16H,2-3,6-7,9,14H2,1H3,(H2,15,18,19). The third kappa shape index (κ3) is 3.62. The summed E-state index contributed by atoms with van der Waals surface area (Å²) in [6.07, 6.45) is 2.52. The summed E-state index contributed by atoms with van der Waals surface area (Å²) in [5.74, 6) is 0. The average molecular weight is 298 g/mol. The number of sulfonamides is 1. The van der Waals surface area contributed by atoms with E-state index in [0.29, 0.717) is 11.7 Å². The number of rotatable bonds is 5. The third-order valence-electron chi connectivity index (χ3n) is 3.70. The van der Waals surface area contributed by atoms with Crippen molar-refractivity contribution in [2.75, 3.05) is 30.7 Å². The van der Waals surface area contributed by atoms with Crippen LogP contribution in [0.1, 0.15) is 19.8 Å². The molecule has 0 radical (unpaired) electrons. The van der Waals surface area contributed by atoms with Gasteiger partial charge in [0.2, 0.25) is 10.0 Å². The van der Waals surface area contributed by atoms with E-state index in [4.69, 9.17) is 10.9 Å². The molecule has 7 heteroatoms. The quantitative estimate of drug-likeness (QED) is 0.698. The van der Waals surface area contributed by atoms with Gasteiger partial charge in [0, 0.05) is 12.6 Å². The summed E-state index contributed by atoms with van der Waals surface area (Å²) < 4.78 is 22.5. The van der Waals surface area contributed by atoms with Crippen LogP contribution in [0.2, 0.25) is 0 Å². The van der Waals surface area contributed by atoms with Crippen LogP contribution in [0, 0.1) is 0 Å². The third-order valence-corrected chi connectivity index (χ3v) is 4.61. The Balaban J connectivity index is 1.99. The van der Waals surface area contributed by atoms with Gasteiger partial charge in [0.25, 0.3) is 0 Å². The predicted octanol–water partition coefficient (Wildman–Crippen LogP) is 0.812. The Bertz CT molecular complexity index is 568. The molecule has 112 valence electrons. The summed E-state index contributed by atoms with van der Waals surface area (Å²) >= 11 is 0. The lowest BCUT2D eigenvalue weighted by atomic mass is 10.2. The van der Waals surface area contributed by atoms with Crippen LogP contribution in [0.5, 0.6) is 0 Å². The molecule has 1 aliphatic heterocycles. The number of hydrogen-bond donors (Lipinski definition) is 3. The molecule has 1 aliphatic rings. The highest BCUT2D eigenvalue weighted by atomic mass is 32.2. The molecule has 1 aromatic carbocycles. The predicted molar refractivity (Wildman–Crippen MR) is 81.0 cm³/mol. The molecule has 1 saturated heterocycles. The van der Waals surface area contributed by atoms with Crippen LogP contribution in [0.4, 0.5) is 11.4 Å². The lowest BCUT2D eigenvalue weighted by Gasteiger charge is -2.24. The fraction of sp³-hybridized carbons (Fsp3) is 0.538. The Morgan fingerprint density at radius 3 is 2.55 bits per heavy atom. The van der Waals surface area contributed by atoms with Crippen LogP contribution >= 0.6 is 0 Å². The van der Waals surface area contributed by atoms with Gasteiger partial charge >= 0.3 is 0 Å². The van der Waals surface area contributed by atoms with E-state index in [1.807, 2.05) is 0 Å². The van der Waals surface area contributed by atoms with E-state index in [1.54, 1.807) is 6.07 Å². The largest absolute Gasteiger partial charge is 0.397 e. The van der Waals surface area contributed by atoms with Crippen LogP contribution in [-0.2, 0) is 10.0 Å². The highest BCUT2D eigenvalue weighted by Crippen LogP contribution is 2.22. The van der Waals surface area contributed by atoms with Gasteiger partial charge in [-0.1, -0.05) is 0 Å². The van der Waals surface area contributed by atoms with Crippen molar-refractivity contribution < 1.29 is 8.42 Å². The Kier molecular flexibility index (Phi) is 4.52. The maximum atomic E-state index is 11.2. The van der Waals surface area contributed by atoms with E-state index in [-0.39, 0.29) is 4.90 Å². The Morgan fingerprint density at radius 1 is 1.35 bits per heavy atom. The van der Waals surface area contributed by atoms with Gasteiger partial charge in [0.05, 0.1) is 16.3 Å². The molecule has 1 unspecified atom stereocenters. The van der Waals surface area contributed by atoms with Gasteiger partial charge < -0.3 is 11.1 Å². The van der Waals surface area contributed by atoms with Crippen molar-refractivity contribution in [1.29, 1.82) is 0 Å². The number of nitrogens with two attached hydrogens (primary N) is 2. The van der Waals surface area contributed by atoms with Crippen molar-refractivity contribution in [3.63, 3.8) is 0 Å². The summed E-state index contributed by atoms with van der Waals surface area (Å²) in [6.45, 7) is 5.23. The van der Waals surface area contributed by atoms with Gasteiger partial charge in [0.1, 0.15) is 0 Å². The van der Waals surface area contributed by atoms with Crippen LogP contribution in [-0.4, -0.2) is 39.0 Å². The van der Waals surface area contributed by atoms with Gasteiger partial charge in [-0.15, -0.1) is 0 Å². The highest BCUT2D eigenvalue weighted by Gasteiger charge is 2.18. The van der Waals surface area contributed by atoms with E-state index >= 15 is 0 Å². The molecule has 0 aliphatic carbocycles. The van der Waals surface area contributed by atoms with E-state index in [9.17, 15) is 8.42 Å². The van der Waals surface area contributed by atoms with Gasteiger partial charge in [-0.25, -0.2) is 13.6 Å². The number of hydrogen-bond acceptors (Lipinski definition) is 5. The second-order valence-electron chi connectivity index (χ2n) is 5.27. The van der Waals surface area contributed by atoms with Crippen molar-refractivity contribution in [1.82, 2.24) is 4.90 Å². The molecule has 2 rings (SSSR count). The van der Waals surface area contributed by atoms with Crippen molar-refractivity contribution in [3.05, 3.63) is 18.2 Å². The molecule has 0 amide bonds. The first-order chi connectivity index (χ1) is 9.38. The number of anilines is 2. The molecule has 6 nitrogen and oxygen atoms in total. The van der Waals surface area contributed by atoms with Gasteiger partial charge in [-0.05, 0) is 51.1 Å². The monoisotopic (exact) mass is 298 g/mol. The average Bonchev–Trinajstić information content (AvgIpc) is 2.89. The lowest BCUT2D eigenvalue weighted by Crippen LogP contribution is -2.35. The molecule has 0 spiro atoms. The SMILES string of the molecule is CC(CNc1ccc(S(N)(=O)=O)cc1N)N1CCCC1. The summed E-state index contributed by atoms with van der Waals surface area (Å²) in [7, 11) is -3.70. The maximum Gasteiger partial charge on any atom is 0.238 e. The van der Waals surface area contributed by atoms with Crippen LogP contribution < -0.4 is 16.2 Å². The number of primary sulfonamides is 1. The van der Waals surface area contributed by atoms with E-state index in [0.717, 1.165) is 25.3 Å². The molecule has 5 N–H and O–H groups in total. The summed E-state index contributed by atoms with van der Waals surface area (Å²) in [4.78, 5) is 2.47. The Hall–Kier alpha value is -1.31. The molecular formula is C13H22N4O2S. The normalized spacial score (nSPS) is 18.1. The van der Waals surface area contributed by atoms with Crippen molar-refractivity contribution in [3.8, 4) is 0 Å². The summed E-state index contributed by atoms with van der Waals surface area (Å²) in [5.41, 5.74) is 6.99. The van der Waals surface area contributed by atoms with Gasteiger partial charge in [-0.3, -0.25) is 4.90 Å². The lowest BCUT2D eigenvalue weighted by molar-refractivity contribution is 0.269. The number of benzene rings is 1. The minimum absolute atomic E-state index is 0.0353. The van der Waals surface area contributed by atoms with Crippen LogP contribution in [0.25, 0.3) is 0 Å². The van der Waals surface area contributed by atoms with Gasteiger partial charge in [-0.2, -0.15) is 0 Å². The highest BCUT2D eigenvalue weighted by molar-refractivity contribution is 7.89. The fourth-order valence-corrected chi connectivity index (χ4v) is 3.00.